The van der Waals surface area contributed by atoms with Crippen molar-refractivity contribution in [3.05, 3.63) is 0 Å². The number of esters is 2. The van der Waals surface area contributed by atoms with Gasteiger partial charge in [-0.15, -0.1) is 5.06 Å². The quantitative estimate of drug-likeness (QED) is 0.0278. The van der Waals surface area contributed by atoms with E-state index in [9.17, 15) is 43.2 Å². The van der Waals surface area contributed by atoms with Crippen molar-refractivity contribution >= 4 is 53.4 Å². The highest BCUT2D eigenvalue weighted by Gasteiger charge is 2.34. The Morgan fingerprint density at radius 3 is 1.46 bits per heavy atom. The number of rotatable bonds is 44. The molecular formula is C57H99N5O16. The van der Waals surface area contributed by atoms with Crippen LogP contribution in [0.25, 0.3) is 0 Å². The van der Waals surface area contributed by atoms with Crippen LogP contribution in [0.2, 0.25) is 0 Å². The lowest BCUT2D eigenvalue weighted by molar-refractivity contribution is -0.200. The van der Waals surface area contributed by atoms with E-state index < -0.39 is 47.6 Å². The fourth-order valence-corrected chi connectivity index (χ4v) is 8.80. The summed E-state index contributed by atoms with van der Waals surface area (Å²) in [6, 6.07) is -0.995. The number of unbranched alkanes of at least 4 members (excludes halogenated alkanes) is 15. The number of hydroxylamine groups is 2. The number of nitrogens with one attached hydrogen (secondary N) is 4. The Morgan fingerprint density at radius 1 is 0.500 bits per heavy atom. The molecule has 4 N–H and O–H groups in total. The van der Waals surface area contributed by atoms with Gasteiger partial charge in [0.05, 0.1) is 39.6 Å². The van der Waals surface area contributed by atoms with Gasteiger partial charge in [0, 0.05) is 57.7 Å². The fraction of sp³-hybridized carbons (Fsp3) is 0.842. The van der Waals surface area contributed by atoms with Gasteiger partial charge in [-0.3, -0.25) is 33.6 Å². The molecule has 2 fully saturated rings. The molecule has 448 valence electrons. The predicted octanol–water partition coefficient (Wildman–Crippen LogP) is 6.79. The van der Waals surface area contributed by atoms with E-state index in [1.54, 1.807) is 20.8 Å². The molecule has 0 bridgehead atoms. The molecule has 0 spiro atoms. The molecule has 78 heavy (non-hydrogen) atoms. The molecule has 1 heterocycles. The number of carbonyl (C=O) groups excluding carboxylic acids is 9. The number of hydrogen-bond acceptors (Lipinski definition) is 16. The van der Waals surface area contributed by atoms with E-state index in [1.165, 1.54) is 70.6 Å². The molecular weight excluding hydrogens is 1010 g/mol. The number of ether oxygens (including phenoxy) is 6. The van der Waals surface area contributed by atoms with Crippen LogP contribution in [0.15, 0.2) is 0 Å². The maximum Gasteiger partial charge on any atom is 0.358 e. The number of imide groups is 1. The van der Waals surface area contributed by atoms with Gasteiger partial charge in [-0.1, -0.05) is 89.9 Å². The summed E-state index contributed by atoms with van der Waals surface area (Å²) in [5, 5.41) is 11.8. The van der Waals surface area contributed by atoms with Gasteiger partial charge in [0.15, 0.2) is 0 Å². The summed E-state index contributed by atoms with van der Waals surface area (Å²) in [6.45, 7) is 12.2. The lowest BCUT2D eigenvalue weighted by Crippen LogP contribution is -2.47. The van der Waals surface area contributed by atoms with Crippen molar-refractivity contribution in [1.29, 1.82) is 0 Å². The standard InChI is InChI=1S/C57H99N5O16/c1-56(2,3)76-52(68)24-22-20-18-16-14-12-10-8-7-9-11-13-15-17-19-21-23-47(63)60-41-44-25-27-45(28-26-44)54(70)61-46(55(71)77-57(4,5)6)29-30-48(64)58-33-35-72-37-39-74-42-49(65)59-34-36-73-38-40-75-43-53(69)78-62-50(66)31-32-51(62)67/h44-46H,7-43H2,1-6H3,(H,58,64)(H,59,65)(H,60,63)(H,61,70)/t44-,45-,46-/m0/s1. The van der Waals surface area contributed by atoms with Gasteiger partial charge in [-0.2, -0.15) is 0 Å². The largest absolute Gasteiger partial charge is 0.460 e. The minimum atomic E-state index is -0.995. The molecule has 21 nitrogen and oxygen atoms in total. The zero-order valence-corrected chi connectivity index (χ0v) is 48.4. The maximum atomic E-state index is 13.4. The Labute approximate surface area is 464 Å². The van der Waals surface area contributed by atoms with Gasteiger partial charge in [-0.05, 0) is 92.4 Å². The molecule has 1 saturated carbocycles. The molecule has 2 rings (SSSR count). The molecule has 21 heteroatoms. The number of hydrogen-bond donors (Lipinski definition) is 4. The van der Waals surface area contributed by atoms with Crippen LogP contribution in [0.1, 0.15) is 208 Å². The average Bonchev–Trinajstić information content (AvgIpc) is 3.69. The first-order valence-corrected chi connectivity index (χ1v) is 29.1. The maximum absolute atomic E-state index is 13.4. The zero-order valence-electron chi connectivity index (χ0n) is 48.4. The Balaban J connectivity index is 1.45. The highest BCUT2D eigenvalue weighted by molar-refractivity contribution is 6.01. The number of amides is 6. The third kappa shape index (κ3) is 37.2. The second kappa shape index (κ2) is 41.3. The van der Waals surface area contributed by atoms with Crippen LogP contribution in [0.3, 0.4) is 0 Å². The molecule has 2 aliphatic rings. The van der Waals surface area contributed by atoms with Crippen LogP contribution in [0.5, 0.6) is 0 Å². The summed E-state index contributed by atoms with van der Waals surface area (Å²) in [6.07, 6.45) is 23.1. The van der Waals surface area contributed by atoms with Crippen LogP contribution >= 0.6 is 0 Å². The van der Waals surface area contributed by atoms with Gasteiger partial charge in [0.1, 0.15) is 30.5 Å². The fourth-order valence-electron chi connectivity index (χ4n) is 8.80. The van der Waals surface area contributed by atoms with E-state index >= 15 is 0 Å². The van der Waals surface area contributed by atoms with Crippen LogP contribution in [-0.4, -0.2) is 148 Å². The summed E-state index contributed by atoms with van der Waals surface area (Å²) >= 11 is 0. The smallest absolute Gasteiger partial charge is 0.358 e. The van der Waals surface area contributed by atoms with Gasteiger partial charge in [-0.25, -0.2) is 9.59 Å². The van der Waals surface area contributed by atoms with Gasteiger partial charge >= 0.3 is 17.9 Å². The van der Waals surface area contributed by atoms with E-state index in [-0.39, 0.29) is 121 Å². The molecule has 0 aromatic carbocycles. The minimum absolute atomic E-state index is 0.000799. The van der Waals surface area contributed by atoms with Crippen LogP contribution in [-0.2, 0) is 76.4 Å². The third-order valence-corrected chi connectivity index (χ3v) is 13.0. The van der Waals surface area contributed by atoms with Gasteiger partial charge in [0.25, 0.3) is 11.8 Å². The topological polar surface area (TPSA) is 270 Å². The van der Waals surface area contributed by atoms with Crippen molar-refractivity contribution in [3.63, 3.8) is 0 Å². The summed E-state index contributed by atoms with van der Waals surface area (Å²) < 4.78 is 32.2. The Morgan fingerprint density at radius 2 is 0.949 bits per heavy atom. The normalized spacial score (nSPS) is 16.1. The third-order valence-electron chi connectivity index (χ3n) is 13.0. The van der Waals surface area contributed by atoms with Crippen molar-refractivity contribution < 1.29 is 76.4 Å². The summed E-state index contributed by atoms with van der Waals surface area (Å²) in [5.41, 5.74) is -1.18. The SMILES string of the molecule is CC(C)(C)OC(=O)CCCCCCCCCCCCCCCCCCC(=O)NC[C@H]1CC[C@H](C(=O)N[C@@H](CCC(=O)NCCOCCOCC(=O)NCCOCCOCC(=O)ON2C(=O)CCC2=O)C(=O)OC(C)(C)C)CC1. The second-order valence-corrected chi connectivity index (χ2v) is 22.5. The molecule has 0 radical (unpaired) electrons. The molecule has 1 atom stereocenters. The van der Waals surface area contributed by atoms with Crippen molar-refractivity contribution in [2.24, 2.45) is 11.8 Å². The van der Waals surface area contributed by atoms with Crippen molar-refractivity contribution in [1.82, 2.24) is 26.3 Å². The molecule has 0 aromatic rings. The summed E-state index contributed by atoms with van der Waals surface area (Å²) in [7, 11) is 0. The number of carbonyl (C=O) groups is 9. The molecule has 0 aromatic heterocycles. The minimum Gasteiger partial charge on any atom is -0.460 e. The summed E-state index contributed by atoms with van der Waals surface area (Å²) in [4.78, 5) is 115. The molecule has 0 unspecified atom stereocenters. The van der Waals surface area contributed by atoms with E-state index in [4.69, 9.17) is 28.4 Å². The zero-order chi connectivity index (χ0) is 57.4. The van der Waals surface area contributed by atoms with Crippen molar-refractivity contribution in [2.75, 3.05) is 72.5 Å². The van der Waals surface area contributed by atoms with Gasteiger partial charge in [0.2, 0.25) is 23.6 Å². The first-order valence-electron chi connectivity index (χ1n) is 29.1. The molecule has 1 aliphatic carbocycles. The number of nitrogens with zero attached hydrogens (tertiary/aromatic N) is 1. The Kier molecular flexibility index (Phi) is 36.7. The molecule has 1 saturated heterocycles. The lowest BCUT2D eigenvalue weighted by atomic mass is 9.81. The predicted molar refractivity (Wildman–Crippen MR) is 291 cm³/mol. The molecule has 1 aliphatic heterocycles. The Hall–Kier alpha value is -4.73. The van der Waals surface area contributed by atoms with Crippen LogP contribution in [0.4, 0.5) is 0 Å². The highest BCUT2D eigenvalue weighted by atomic mass is 16.7. The van der Waals surface area contributed by atoms with Crippen LogP contribution < -0.4 is 21.3 Å². The first-order chi connectivity index (χ1) is 37.2. The van der Waals surface area contributed by atoms with E-state index in [1.807, 2.05) is 20.8 Å². The van der Waals surface area contributed by atoms with E-state index in [2.05, 4.69) is 26.1 Å². The van der Waals surface area contributed by atoms with E-state index in [0.29, 0.717) is 43.2 Å². The monoisotopic (exact) mass is 1110 g/mol. The highest BCUT2D eigenvalue weighted by Crippen LogP contribution is 2.29. The summed E-state index contributed by atoms with van der Waals surface area (Å²) in [5.74, 6) is -3.54. The van der Waals surface area contributed by atoms with Crippen molar-refractivity contribution in [2.45, 2.75) is 226 Å². The Bertz CT molecular complexity index is 1760. The lowest BCUT2D eigenvalue weighted by Gasteiger charge is -2.30. The van der Waals surface area contributed by atoms with Crippen molar-refractivity contribution in [3.8, 4) is 0 Å². The molecule has 6 amide bonds. The average molecular weight is 1110 g/mol. The second-order valence-electron chi connectivity index (χ2n) is 22.5. The van der Waals surface area contributed by atoms with Gasteiger partial charge < -0.3 is 54.5 Å². The first kappa shape index (κ1) is 69.4. The van der Waals surface area contributed by atoms with E-state index in [0.717, 1.165) is 44.9 Å². The van der Waals surface area contributed by atoms with Crippen LogP contribution in [0, 0.1) is 11.8 Å².